The van der Waals surface area contributed by atoms with Gasteiger partial charge in [0.05, 0.1) is 6.07 Å². The van der Waals surface area contributed by atoms with Crippen molar-refractivity contribution in [3.05, 3.63) is 63.9 Å². The molecule has 0 aliphatic rings. The first-order chi connectivity index (χ1) is 11.9. The second kappa shape index (κ2) is 7.73. The number of nitrogens with zero attached hydrogens (tertiary/aromatic N) is 1. The molecule has 25 heavy (non-hydrogen) atoms. The molecule has 2 amide bonds. The summed E-state index contributed by atoms with van der Waals surface area (Å²) in [5.74, 6) is -3.43. The Morgan fingerprint density at radius 2 is 1.80 bits per heavy atom. The summed E-state index contributed by atoms with van der Waals surface area (Å²) in [7, 11) is 0. The number of benzene rings is 1. The van der Waals surface area contributed by atoms with E-state index in [0.29, 0.717) is 5.56 Å². The zero-order chi connectivity index (χ0) is 18.4. The Morgan fingerprint density at radius 1 is 1.12 bits per heavy atom. The number of hydrazine groups is 1. The summed E-state index contributed by atoms with van der Waals surface area (Å²) >= 11 is 0. The number of furan rings is 1. The van der Waals surface area contributed by atoms with Gasteiger partial charge in [0.25, 0.3) is 11.8 Å². The summed E-state index contributed by atoms with van der Waals surface area (Å²) in [6.07, 6.45) is -1.27. The van der Waals surface area contributed by atoms with Crippen LogP contribution in [0.1, 0.15) is 27.8 Å². The number of hydrogen-bond acceptors (Lipinski definition) is 7. The molecule has 0 saturated heterocycles. The molecule has 0 radical (unpaired) electrons. The van der Waals surface area contributed by atoms with E-state index in [1.807, 2.05) is 0 Å². The predicted octanol–water partition coefficient (Wildman–Crippen LogP) is 1.19. The van der Waals surface area contributed by atoms with E-state index in [1.165, 1.54) is 6.92 Å². The minimum atomic E-state index is -1.27. The lowest BCUT2D eigenvalue weighted by atomic mass is 10.2. The molecule has 0 aliphatic carbocycles. The monoisotopic (exact) mass is 347 g/mol. The zero-order valence-electron chi connectivity index (χ0n) is 12.9. The van der Waals surface area contributed by atoms with E-state index in [9.17, 15) is 24.5 Å². The van der Waals surface area contributed by atoms with E-state index < -0.39 is 40.5 Å². The van der Waals surface area contributed by atoms with Crippen LogP contribution in [0.15, 0.2) is 46.9 Å². The maximum Gasteiger partial charge on any atom is 0.433 e. The van der Waals surface area contributed by atoms with Crippen LogP contribution < -0.4 is 10.9 Å². The van der Waals surface area contributed by atoms with Crippen molar-refractivity contribution in [1.82, 2.24) is 10.9 Å². The summed E-state index contributed by atoms with van der Waals surface area (Å²) in [5, 5.41) is 10.5. The van der Waals surface area contributed by atoms with Gasteiger partial charge in [-0.15, -0.1) is 0 Å². The standard InChI is InChI=1S/C15H13N3O7/c1-9(24-15(21)11-7-8-12(25-11)18(22)23)13(19)16-17-14(20)10-5-3-2-4-6-10/h2-9H,1H3,(H,16,19)(H,17,20)/t9-/m1/s1. The second-order valence-corrected chi connectivity index (χ2v) is 4.75. The van der Waals surface area contributed by atoms with E-state index in [-0.39, 0.29) is 0 Å². The number of hydrogen-bond donors (Lipinski definition) is 2. The highest BCUT2D eigenvalue weighted by molar-refractivity contribution is 5.96. The number of nitrogens with one attached hydrogen (secondary N) is 2. The van der Waals surface area contributed by atoms with Crippen LogP contribution in [-0.4, -0.2) is 28.8 Å². The topological polar surface area (TPSA) is 141 Å². The fraction of sp³-hybridized carbons (Fsp3) is 0.133. The SMILES string of the molecule is C[C@@H](OC(=O)c1ccc([N+](=O)[O-])o1)C(=O)NNC(=O)c1ccccc1. The smallest absolute Gasteiger partial charge is 0.433 e. The molecule has 2 rings (SSSR count). The average Bonchev–Trinajstić information content (AvgIpc) is 3.10. The van der Waals surface area contributed by atoms with E-state index >= 15 is 0 Å². The summed E-state index contributed by atoms with van der Waals surface area (Å²) in [6, 6.07) is 10.2. The molecular formula is C15H13N3O7. The number of esters is 1. The zero-order valence-corrected chi connectivity index (χ0v) is 12.9. The molecule has 0 unspecified atom stereocenters. The first-order valence-corrected chi connectivity index (χ1v) is 6.99. The van der Waals surface area contributed by atoms with Gasteiger partial charge in [0.15, 0.2) is 6.10 Å². The highest BCUT2D eigenvalue weighted by Gasteiger charge is 2.23. The van der Waals surface area contributed by atoms with Crippen molar-refractivity contribution in [2.75, 3.05) is 0 Å². The third-order valence-corrected chi connectivity index (χ3v) is 2.96. The second-order valence-electron chi connectivity index (χ2n) is 4.75. The number of nitro groups is 1. The number of amides is 2. The molecule has 1 heterocycles. The van der Waals surface area contributed by atoms with E-state index in [1.54, 1.807) is 30.3 Å². The van der Waals surface area contributed by atoms with Crippen molar-refractivity contribution in [3.8, 4) is 0 Å². The van der Waals surface area contributed by atoms with Gasteiger partial charge in [-0.1, -0.05) is 18.2 Å². The maximum atomic E-state index is 11.8. The average molecular weight is 347 g/mol. The van der Waals surface area contributed by atoms with Gasteiger partial charge >= 0.3 is 11.9 Å². The van der Waals surface area contributed by atoms with Gasteiger partial charge in [0, 0.05) is 5.56 Å². The third kappa shape index (κ3) is 4.64. The Labute approximate surface area is 140 Å². The van der Waals surface area contributed by atoms with Crippen LogP contribution in [0.3, 0.4) is 0 Å². The highest BCUT2D eigenvalue weighted by atomic mass is 16.7. The highest BCUT2D eigenvalue weighted by Crippen LogP contribution is 2.16. The third-order valence-electron chi connectivity index (χ3n) is 2.96. The first kappa shape index (κ1) is 17.7. The lowest BCUT2D eigenvalue weighted by molar-refractivity contribution is -0.402. The van der Waals surface area contributed by atoms with E-state index in [0.717, 1.165) is 12.1 Å². The van der Waals surface area contributed by atoms with Gasteiger partial charge in [0.1, 0.15) is 4.92 Å². The predicted molar refractivity (Wildman–Crippen MR) is 82.3 cm³/mol. The number of ether oxygens (including phenoxy) is 1. The van der Waals surface area contributed by atoms with Crippen LogP contribution in [-0.2, 0) is 9.53 Å². The molecule has 1 aromatic heterocycles. The Kier molecular flexibility index (Phi) is 5.46. The largest absolute Gasteiger partial charge is 0.447 e. The van der Waals surface area contributed by atoms with Crippen LogP contribution in [0, 0.1) is 10.1 Å². The van der Waals surface area contributed by atoms with E-state index in [2.05, 4.69) is 15.3 Å². The first-order valence-electron chi connectivity index (χ1n) is 6.99. The lowest BCUT2D eigenvalue weighted by Gasteiger charge is -2.13. The van der Waals surface area contributed by atoms with Crippen molar-refractivity contribution < 1.29 is 28.5 Å². The van der Waals surface area contributed by atoms with Gasteiger partial charge < -0.3 is 9.15 Å². The fourth-order valence-electron chi connectivity index (χ4n) is 1.69. The van der Waals surface area contributed by atoms with Gasteiger partial charge in [0.2, 0.25) is 5.76 Å². The Bertz CT molecular complexity index is 800. The minimum Gasteiger partial charge on any atom is -0.447 e. The molecule has 0 aliphatic heterocycles. The molecule has 10 nitrogen and oxygen atoms in total. The molecular weight excluding hydrogens is 334 g/mol. The van der Waals surface area contributed by atoms with Gasteiger partial charge in [-0.25, -0.2) is 4.79 Å². The molecule has 1 aromatic carbocycles. The quantitative estimate of drug-likeness (QED) is 0.470. The van der Waals surface area contributed by atoms with E-state index in [4.69, 9.17) is 4.74 Å². The molecule has 0 saturated carbocycles. The molecule has 0 bridgehead atoms. The Balaban J connectivity index is 1.86. The van der Waals surface area contributed by atoms with Gasteiger partial charge in [-0.3, -0.25) is 30.6 Å². The maximum absolute atomic E-state index is 11.8. The normalized spacial score (nSPS) is 11.2. The van der Waals surface area contributed by atoms with Crippen LogP contribution in [0.4, 0.5) is 5.88 Å². The number of carbonyl (C=O) groups is 3. The van der Waals surface area contributed by atoms with Crippen molar-refractivity contribution in [2.24, 2.45) is 0 Å². The molecule has 0 spiro atoms. The number of rotatable bonds is 5. The Morgan fingerprint density at radius 3 is 2.40 bits per heavy atom. The molecule has 2 aromatic rings. The Hall–Kier alpha value is -3.69. The van der Waals surface area contributed by atoms with Crippen molar-refractivity contribution in [2.45, 2.75) is 13.0 Å². The van der Waals surface area contributed by atoms with Crippen molar-refractivity contribution in [3.63, 3.8) is 0 Å². The van der Waals surface area contributed by atoms with Gasteiger partial charge in [-0.2, -0.15) is 0 Å². The number of carbonyl (C=O) groups excluding carboxylic acids is 3. The van der Waals surface area contributed by atoms with Crippen LogP contribution >= 0.6 is 0 Å². The molecule has 1 atom stereocenters. The fourth-order valence-corrected chi connectivity index (χ4v) is 1.69. The summed E-state index contributed by atoms with van der Waals surface area (Å²) in [4.78, 5) is 45.0. The molecule has 0 fully saturated rings. The molecule has 2 N–H and O–H groups in total. The van der Waals surface area contributed by atoms with Crippen molar-refractivity contribution in [1.29, 1.82) is 0 Å². The summed E-state index contributed by atoms with van der Waals surface area (Å²) in [6.45, 7) is 1.26. The minimum absolute atomic E-state index is 0.329. The van der Waals surface area contributed by atoms with Gasteiger partial charge in [-0.05, 0) is 25.1 Å². The molecule has 130 valence electrons. The van der Waals surface area contributed by atoms with Crippen LogP contribution in [0.2, 0.25) is 0 Å². The molecule has 10 heteroatoms. The summed E-state index contributed by atoms with van der Waals surface area (Å²) in [5.41, 5.74) is 4.60. The lowest BCUT2D eigenvalue weighted by Crippen LogP contribution is -2.46. The summed E-state index contributed by atoms with van der Waals surface area (Å²) < 4.78 is 9.48. The van der Waals surface area contributed by atoms with Crippen LogP contribution in [0.25, 0.3) is 0 Å². The van der Waals surface area contributed by atoms with Crippen LogP contribution in [0.5, 0.6) is 0 Å². The van der Waals surface area contributed by atoms with Crippen molar-refractivity contribution >= 4 is 23.7 Å².